The van der Waals surface area contributed by atoms with Crippen molar-refractivity contribution in [1.29, 1.82) is 0 Å². The van der Waals surface area contributed by atoms with Gasteiger partial charge in [-0.05, 0) is 52.7 Å². The minimum Gasteiger partial charge on any atom is -0.497 e. The number of hydrogen-bond acceptors (Lipinski definition) is 5. The van der Waals surface area contributed by atoms with Crippen LogP contribution in [-0.2, 0) is 9.53 Å². The number of benzene rings is 1. The largest absolute Gasteiger partial charge is 0.497 e. The van der Waals surface area contributed by atoms with E-state index >= 15 is 0 Å². The normalized spacial score (nSPS) is 11.6. The van der Waals surface area contributed by atoms with Crippen LogP contribution < -0.4 is 10.1 Å². The van der Waals surface area contributed by atoms with Gasteiger partial charge in [0.05, 0.1) is 13.2 Å². The number of esters is 1. The summed E-state index contributed by atoms with van der Waals surface area (Å²) in [6.45, 7) is 1.46. The van der Waals surface area contributed by atoms with Crippen LogP contribution in [-0.4, -0.2) is 25.6 Å². The number of methoxy groups -OCH3 is 1. The molecule has 0 spiro atoms. The smallest absolute Gasteiger partial charge is 0.374 e. The van der Waals surface area contributed by atoms with Gasteiger partial charge in [0.2, 0.25) is 5.76 Å². The van der Waals surface area contributed by atoms with E-state index in [0.717, 1.165) is 11.3 Å². The van der Waals surface area contributed by atoms with Gasteiger partial charge in [-0.25, -0.2) is 4.79 Å². The van der Waals surface area contributed by atoms with Crippen LogP contribution >= 0.6 is 15.9 Å². The summed E-state index contributed by atoms with van der Waals surface area (Å²) >= 11 is 3.09. The van der Waals surface area contributed by atoms with E-state index in [1.54, 1.807) is 13.2 Å². The lowest BCUT2D eigenvalue weighted by molar-refractivity contribution is -0.124. The van der Waals surface area contributed by atoms with Gasteiger partial charge in [-0.15, -0.1) is 0 Å². The first-order chi connectivity index (χ1) is 11.0. The molecule has 6 nitrogen and oxygen atoms in total. The fraction of sp³-hybridized carbons (Fsp3) is 0.250. The molecule has 1 aromatic carbocycles. The van der Waals surface area contributed by atoms with Crippen LogP contribution in [0.25, 0.3) is 0 Å². The predicted octanol–water partition coefficient (Wildman–Crippen LogP) is 3.08. The molecule has 1 N–H and O–H groups in total. The highest BCUT2D eigenvalue weighted by Gasteiger charge is 2.15. The maximum Gasteiger partial charge on any atom is 0.374 e. The molecule has 0 bridgehead atoms. The first-order valence-electron chi connectivity index (χ1n) is 6.85. The highest BCUT2D eigenvalue weighted by Crippen LogP contribution is 2.17. The summed E-state index contributed by atoms with van der Waals surface area (Å²) in [5.74, 6) is -0.311. The maximum atomic E-state index is 11.8. The number of hydrogen-bond donors (Lipinski definition) is 1. The Morgan fingerprint density at radius 2 is 1.91 bits per heavy atom. The maximum absolute atomic E-state index is 11.8. The SMILES string of the molecule is COc1ccc(C(C)NC(=O)COC(=O)c2ccc(Br)o2)cc1. The highest BCUT2D eigenvalue weighted by atomic mass is 79.9. The second-order valence-electron chi connectivity index (χ2n) is 4.74. The van der Waals surface area contributed by atoms with Gasteiger partial charge in [0.25, 0.3) is 5.91 Å². The molecule has 0 saturated carbocycles. The number of nitrogens with one attached hydrogen (secondary N) is 1. The molecule has 23 heavy (non-hydrogen) atoms. The second-order valence-corrected chi connectivity index (χ2v) is 5.52. The number of furan rings is 1. The molecule has 1 aromatic heterocycles. The fourth-order valence-electron chi connectivity index (χ4n) is 1.89. The van der Waals surface area contributed by atoms with Gasteiger partial charge in [0, 0.05) is 0 Å². The molecule has 0 aliphatic heterocycles. The Hall–Kier alpha value is -2.28. The standard InChI is InChI=1S/C16H16BrNO5/c1-10(11-3-5-12(21-2)6-4-11)18-15(19)9-22-16(20)13-7-8-14(17)23-13/h3-8,10H,9H2,1-2H3,(H,18,19). The number of halogens is 1. The Morgan fingerprint density at radius 1 is 1.22 bits per heavy atom. The van der Waals surface area contributed by atoms with E-state index in [0.29, 0.717) is 4.67 Å². The quantitative estimate of drug-likeness (QED) is 0.777. The Balaban J connectivity index is 1.82. The van der Waals surface area contributed by atoms with Crippen molar-refractivity contribution in [2.75, 3.05) is 13.7 Å². The van der Waals surface area contributed by atoms with E-state index in [4.69, 9.17) is 13.9 Å². The van der Waals surface area contributed by atoms with Crippen molar-refractivity contribution in [3.63, 3.8) is 0 Å². The van der Waals surface area contributed by atoms with Crippen LogP contribution in [0, 0.1) is 0 Å². The molecule has 1 atom stereocenters. The molecule has 1 heterocycles. The number of carbonyl (C=O) groups is 2. The molecule has 2 aromatic rings. The number of ether oxygens (including phenoxy) is 2. The molecule has 1 unspecified atom stereocenters. The third kappa shape index (κ3) is 4.85. The Labute approximate surface area is 141 Å². The lowest BCUT2D eigenvalue weighted by Gasteiger charge is -2.14. The topological polar surface area (TPSA) is 77.8 Å². The summed E-state index contributed by atoms with van der Waals surface area (Å²) in [6.07, 6.45) is 0. The fourth-order valence-corrected chi connectivity index (χ4v) is 2.19. The average Bonchev–Trinajstić information content (AvgIpc) is 2.99. The van der Waals surface area contributed by atoms with Crippen LogP contribution in [0.4, 0.5) is 0 Å². The lowest BCUT2D eigenvalue weighted by Crippen LogP contribution is -2.31. The van der Waals surface area contributed by atoms with Crippen molar-refractivity contribution in [2.24, 2.45) is 0 Å². The minimum absolute atomic E-state index is 0.0351. The number of rotatable bonds is 6. The molecular weight excluding hydrogens is 366 g/mol. The van der Waals surface area contributed by atoms with Crippen molar-refractivity contribution in [1.82, 2.24) is 5.32 Å². The molecule has 0 aliphatic rings. The highest BCUT2D eigenvalue weighted by molar-refractivity contribution is 9.10. The zero-order chi connectivity index (χ0) is 16.8. The molecule has 0 aliphatic carbocycles. The van der Waals surface area contributed by atoms with Gasteiger partial charge in [0.1, 0.15) is 5.75 Å². The Morgan fingerprint density at radius 3 is 2.48 bits per heavy atom. The van der Waals surface area contributed by atoms with E-state index in [9.17, 15) is 9.59 Å². The molecule has 0 saturated heterocycles. The van der Waals surface area contributed by atoms with E-state index in [2.05, 4.69) is 21.2 Å². The molecule has 7 heteroatoms. The molecule has 0 fully saturated rings. The molecule has 0 radical (unpaired) electrons. The van der Waals surface area contributed by atoms with Crippen molar-refractivity contribution >= 4 is 27.8 Å². The number of carbonyl (C=O) groups excluding carboxylic acids is 2. The first kappa shape index (κ1) is 17.1. The van der Waals surface area contributed by atoms with Crippen molar-refractivity contribution < 1.29 is 23.5 Å². The van der Waals surface area contributed by atoms with Crippen LogP contribution in [0.15, 0.2) is 45.5 Å². The monoisotopic (exact) mass is 381 g/mol. The summed E-state index contributed by atoms with van der Waals surface area (Å²) < 4.78 is 15.4. The minimum atomic E-state index is -0.692. The van der Waals surface area contributed by atoms with E-state index in [-0.39, 0.29) is 18.4 Å². The lowest BCUT2D eigenvalue weighted by atomic mass is 10.1. The summed E-state index contributed by atoms with van der Waals surface area (Å²) in [6, 6.07) is 10.2. The predicted molar refractivity (Wildman–Crippen MR) is 86.2 cm³/mol. The van der Waals surface area contributed by atoms with Gasteiger partial charge in [-0.3, -0.25) is 4.79 Å². The first-order valence-corrected chi connectivity index (χ1v) is 7.64. The summed E-state index contributed by atoms with van der Waals surface area (Å²) in [4.78, 5) is 23.5. The summed E-state index contributed by atoms with van der Waals surface area (Å²) in [7, 11) is 1.59. The van der Waals surface area contributed by atoms with Crippen LogP contribution in [0.2, 0.25) is 0 Å². The van der Waals surface area contributed by atoms with Gasteiger partial charge in [-0.1, -0.05) is 12.1 Å². The van der Waals surface area contributed by atoms with Crippen LogP contribution in [0.5, 0.6) is 5.75 Å². The molecule has 2 rings (SSSR count). The van der Waals surface area contributed by atoms with Gasteiger partial charge in [-0.2, -0.15) is 0 Å². The summed E-state index contributed by atoms with van der Waals surface area (Å²) in [5.41, 5.74) is 0.917. The van der Waals surface area contributed by atoms with Crippen molar-refractivity contribution in [2.45, 2.75) is 13.0 Å². The summed E-state index contributed by atoms with van der Waals surface area (Å²) in [5, 5.41) is 2.75. The van der Waals surface area contributed by atoms with Gasteiger partial charge < -0.3 is 19.2 Å². The van der Waals surface area contributed by atoms with E-state index < -0.39 is 11.9 Å². The van der Waals surface area contributed by atoms with E-state index in [1.165, 1.54) is 6.07 Å². The third-order valence-electron chi connectivity index (χ3n) is 3.10. The molecule has 122 valence electrons. The molecule has 1 amide bonds. The van der Waals surface area contributed by atoms with Gasteiger partial charge >= 0.3 is 5.97 Å². The Bertz CT molecular complexity index is 680. The molecular formula is C16H16BrNO5. The Kier molecular flexibility index (Phi) is 5.81. The van der Waals surface area contributed by atoms with E-state index in [1.807, 2.05) is 31.2 Å². The zero-order valence-corrected chi connectivity index (χ0v) is 14.3. The van der Waals surface area contributed by atoms with Crippen LogP contribution in [0.1, 0.15) is 29.1 Å². The van der Waals surface area contributed by atoms with Crippen molar-refractivity contribution in [3.05, 3.63) is 52.4 Å². The van der Waals surface area contributed by atoms with Crippen molar-refractivity contribution in [3.8, 4) is 5.75 Å². The van der Waals surface area contributed by atoms with Gasteiger partial charge in [0.15, 0.2) is 11.3 Å². The van der Waals surface area contributed by atoms with Crippen LogP contribution in [0.3, 0.4) is 0 Å². The second kappa shape index (κ2) is 7.82. The third-order valence-corrected chi connectivity index (χ3v) is 3.53. The number of amides is 1. The zero-order valence-electron chi connectivity index (χ0n) is 12.7. The average molecular weight is 382 g/mol.